The monoisotopic (exact) mass is 388 g/mol. The Morgan fingerprint density at radius 2 is 1.43 bits per heavy atom. The molecule has 0 bridgehead atoms. The van der Waals surface area contributed by atoms with Gasteiger partial charge < -0.3 is 4.90 Å². The molecule has 1 fully saturated rings. The number of rotatable bonds is 11. The molecule has 1 saturated heterocycles. The fourth-order valence-electron chi connectivity index (χ4n) is 3.62. The quantitative estimate of drug-likeness (QED) is 0.373. The lowest BCUT2D eigenvalue weighted by atomic mass is 9.99. The van der Waals surface area contributed by atoms with Crippen LogP contribution in [0.5, 0.6) is 0 Å². The van der Waals surface area contributed by atoms with Gasteiger partial charge in [0.1, 0.15) is 0 Å². The molecule has 0 spiro atoms. The first-order chi connectivity index (χ1) is 13.7. The number of nitrogens with zero attached hydrogens (tertiary/aromatic N) is 2. The van der Waals surface area contributed by atoms with Crippen molar-refractivity contribution < 1.29 is 4.79 Å². The Kier molecular flexibility index (Phi) is 14.6. The number of carbonyl (C=O) groups excluding carboxylic acids is 1. The van der Waals surface area contributed by atoms with Gasteiger partial charge in [0.15, 0.2) is 0 Å². The number of hydrogen-bond donors (Lipinski definition) is 0. The van der Waals surface area contributed by atoms with Crippen LogP contribution < -0.4 is 0 Å². The van der Waals surface area contributed by atoms with Crippen molar-refractivity contribution in [2.75, 3.05) is 13.1 Å². The van der Waals surface area contributed by atoms with Crippen LogP contribution in [0.1, 0.15) is 115 Å². The molecule has 0 unspecified atom stereocenters. The molecule has 3 nitrogen and oxygen atoms in total. The van der Waals surface area contributed by atoms with E-state index in [1.807, 2.05) is 11.0 Å². The summed E-state index contributed by atoms with van der Waals surface area (Å²) >= 11 is 0. The maximum absolute atomic E-state index is 12.0. The normalized spacial score (nSPS) is 14.5. The van der Waals surface area contributed by atoms with Crippen molar-refractivity contribution >= 4 is 5.91 Å². The van der Waals surface area contributed by atoms with Crippen molar-refractivity contribution in [3.63, 3.8) is 0 Å². The molecule has 1 amide bonds. The first-order valence-corrected chi connectivity index (χ1v) is 11.9. The number of unbranched alkanes of at least 4 members (excludes halogenated alkanes) is 10. The Labute approximate surface area is 174 Å². The van der Waals surface area contributed by atoms with Crippen LogP contribution >= 0.6 is 0 Å². The fourth-order valence-corrected chi connectivity index (χ4v) is 3.62. The van der Waals surface area contributed by atoms with Gasteiger partial charge in [-0.1, -0.05) is 91.4 Å². The number of hydrogen-bond acceptors (Lipinski definition) is 2. The standard InChI is InChI=1S/C13H28.C12H16N2O/c1-3-5-7-9-11-13-12-10-8-6-4-2;1-10-4-7-14(8-5-10)12(15)11-3-2-6-13-9-11/h3-13H2,1-2H3;2-3,6,9-10H,4-5,7-8H2,1H3. The fraction of sp³-hybridized carbons (Fsp3) is 0.760. The molecule has 0 radical (unpaired) electrons. The summed E-state index contributed by atoms with van der Waals surface area (Å²) in [6.45, 7) is 8.57. The summed E-state index contributed by atoms with van der Waals surface area (Å²) < 4.78 is 0. The average Bonchev–Trinajstić information content (AvgIpc) is 2.74. The Balaban J connectivity index is 0.000000284. The van der Waals surface area contributed by atoms with Crippen molar-refractivity contribution in [3.8, 4) is 0 Å². The van der Waals surface area contributed by atoms with Gasteiger partial charge in [-0.2, -0.15) is 0 Å². The molecule has 0 saturated carbocycles. The van der Waals surface area contributed by atoms with Gasteiger partial charge in [-0.25, -0.2) is 0 Å². The smallest absolute Gasteiger partial charge is 0.255 e. The summed E-state index contributed by atoms with van der Waals surface area (Å²) in [5, 5.41) is 0. The van der Waals surface area contributed by atoms with Crippen LogP contribution in [-0.2, 0) is 0 Å². The molecule has 1 aromatic heterocycles. The second-order valence-electron chi connectivity index (χ2n) is 8.40. The van der Waals surface area contributed by atoms with E-state index in [1.54, 1.807) is 18.5 Å². The van der Waals surface area contributed by atoms with Crippen LogP contribution in [-0.4, -0.2) is 28.9 Å². The average molecular weight is 389 g/mol. The predicted octanol–water partition coefficient (Wildman–Crippen LogP) is 7.27. The Morgan fingerprint density at radius 1 is 0.929 bits per heavy atom. The molecule has 1 aliphatic rings. The van der Waals surface area contributed by atoms with Gasteiger partial charge in [0, 0.05) is 25.5 Å². The Bertz CT molecular complexity index is 471. The first-order valence-electron chi connectivity index (χ1n) is 11.9. The molecule has 0 atom stereocenters. The van der Waals surface area contributed by atoms with E-state index >= 15 is 0 Å². The number of pyridine rings is 1. The minimum absolute atomic E-state index is 0.120. The van der Waals surface area contributed by atoms with Gasteiger partial charge in [0.25, 0.3) is 5.91 Å². The van der Waals surface area contributed by atoms with E-state index in [-0.39, 0.29) is 5.91 Å². The molecular formula is C25H44N2O. The SMILES string of the molecule is CC1CCN(C(=O)c2cccnc2)CC1.CCCCCCCCCCCCC. The number of carbonyl (C=O) groups is 1. The topological polar surface area (TPSA) is 33.2 Å². The van der Waals surface area contributed by atoms with Crippen LogP contribution in [0.15, 0.2) is 24.5 Å². The van der Waals surface area contributed by atoms with Crippen LogP contribution in [0.25, 0.3) is 0 Å². The Hall–Kier alpha value is -1.38. The van der Waals surface area contributed by atoms with E-state index in [0.29, 0.717) is 5.56 Å². The maximum Gasteiger partial charge on any atom is 0.255 e. The van der Waals surface area contributed by atoms with Gasteiger partial charge in [-0.15, -0.1) is 0 Å². The van der Waals surface area contributed by atoms with Crippen molar-refractivity contribution in [2.24, 2.45) is 5.92 Å². The summed E-state index contributed by atoms with van der Waals surface area (Å²) in [5.74, 6) is 0.873. The van der Waals surface area contributed by atoms with E-state index < -0.39 is 0 Å². The highest BCUT2D eigenvalue weighted by atomic mass is 16.2. The molecule has 1 aromatic rings. The number of amides is 1. The highest BCUT2D eigenvalue weighted by molar-refractivity contribution is 5.93. The number of aromatic nitrogens is 1. The van der Waals surface area contributed by atoms with Crippen LogP contribution in [0.4, 0.5) is 0 Å². The zero-order chi connectivity index (χ0) is 20.5. The van der Waals surface area contributed by atoms with Gasteiger partial charge in [0.05, 0.1) is 5.56 Å². The summed E-state index contributed by atoms with van der Waals surface area (Å²) in [7, 11) is 0. The van der Waals surface area contributed by atoms with Crippen molar-refractivity contribution in [1.29, 1.82) is 0 Å². The van der Waals surface area contributed by atoms with Gasteiger partial charge in [-0.3, -0.25) is 9.78 Å². The molecule has 2 heterocycles. The van der Waals surface area contributed by atoms with Crippen LogP contribution in [0, 0.1) is 5.92 Å². The minimum atomic E-state index is 0.120. The molecule has 28 heavy (non-hydrogen) atoms. The lowest BCUT2D eigenvalue weighted by molar-refractivity contribution is 0.0697. The number of piperidine rings is 1. The van der Waals surface area contributed by atoms with Crippen molar-refractivity contribution in [2.45, 2.75) is 104 Å². The molecule has 3 heteroatoms. The van der Waals surface area contributed by atoms with Crippen LogP contribution in [0.2, 0.25) is 0 Å². The van der Waals surface area contributed by atoms with E-state index in [1.165, 1.54) is 70.6 Å². The Morgan fingerprint density at radius 3 is 1.86 bits per heavy atom. The predicted molar refractivity (Wildman–Crippen MR) is 121 cm³/mol. The second kappa shape index (κ2) is 16.6. The third kappa shape index (κ3) is 11.5. The maximum atomic E-state index is 12.0. The van der Waals surface area contributed by atoms with Gasteiger partial charge in [0.2, 0.25) is 0 Å². The highest BCUT2D eigenvalue weighted by Crippen LogP contribution is 2.17. The zero-order valence-corrected chi connectivity index (χ0v) is 18.8. The number of likely N-dealkylation sites (tertiary alicyclic amines) is 1. The molecule has 2 rings (SSSR count). The van der Waals surface area contributed by atoms with E-state index in [0.717, 1.165) is 31.8 Å². The largest absolute Gasteiger partial charge is 0.339 e. The molecule has 0 aromatic carbocycles. The van der Waals surface area contributed by atoms with E-state index in [2.05, 4.69) is 25.8 Å². The van der Waals surface area contributed by atoms with Crippen molar-refractivity contribution in [3.05, 3.63) is 30.1 Å². The van der Waals surface area contributed by atoms with E-state index in [4.69, 9.17) is 0 Å². The van der Waals surface area contributed by atoms with Gasteiger partial charge >= 0.3 is 0 Å². The third-order valence-corrected chi connectivity index (χ3v) is 5.69. The first kappa shape index (κ1) is 24.7. The highest BCUT2D eigenvalue weighted by Gasteiger charge is 2.21. The zero-order valence-electron chi connectivity index (χ0n) is 18.8. The minimum Gasteiger partial charge on any atom is -0.339 e. The molecule has 0 N–H and O–H groups in total. The molecule has 160 valence electrons. The van der Waals surface area contributed by atoms with Gasteiger partial charge in [-0.05, 0) is 30.9 Å². The lowest BCUT2D eigenvalue weighted by Gasteiger charge is -2.30. The van der Waals surface area contributed by atoms with Crippen LogP contribution in [0.3, 0.4) is 0 Å². The lowest BCUT2D eigenvalue weighted by Crippen LogP contribution is -2.37. The second-order valence-corrected chi connectivity index (χ2v) is 8.40. The van der Waals surface area contributed by atoms with Crippen molar-refractivity contribution in [1.82, 2.24) is 9.88 Å². The summed E-state index contributed by atoms with van der Waals surface area (Å²) in [6, 6.07) is 3.63. The molecule has 0 aliphatic carbocycles. The molecule has 1 aliphatic heterocycles. The molecular weight excluding hydrogens is 344 g/mol. The summed E-state index contributed by atoms with van der Waals surface area (Å²) in [4.78, 5) is 17.9. The summed E-state index contributed by atoms with van der Waals surface area (Å²) in [6.07, 6.45) is 21.5. The van der Waals surface area contributed by atoms with E-state index in [9.17, 15) is 4.79 Å². The summed E-state index contributed by atoms with van der Waals surface area (Å²) in [5.41, 5.74) is 0.701. The third-order valence-electron chi connectivity index (χ3n) is 5.69.